The number of hydrogen-bond donors (Lipinski definition) is 2. The third kappa shape index (κ3) is 4.07. The molecule has 0 saturated carbocycles. The molecule has 108 valence electrons. The highest BCUT2D eigenvalue weighted by molar-refractivity contribution is 7.16. The van der Waals surface area contributed by atoms with E-state index in [0.29, 0.717) is 4.34 Å². The molecule has 3 atom stereocenters. The Labute approximate surface area is 128 Å². The van der Waals surface area contributed by atoms with E-state index in [2.05, 4.69) is 10.6 Å². The van der Waals surface area contributed by atoms with E-state index in [1.165, 1.54) is 11.3 Å². The minimum Gasteiger partial charge on any atom is -0.378 e. The lowest BCUT2D eigenvalue weighted by molar-refractivity contribution is -0.123. The zero-order valence-corrected chi connectivity index (χ0v) is 13.2. The van der Waals surface area contributed by atoms with Gasteiger partial charge in [0.25, 0.3) is 0 Å². The van der Waals surface area contributed by atoms with Crippen LogP contribution >= 0.6 is 35.3 Å². The van der Waals surface area contributed by atoms with Crippen molar-refractivity contribution < 1.29 is 9.53 Å². The Bertz CT molecular complexity index is 428. The summed E-state index contributed by atoms with van der Waals surface area (Å²) in [5, 5.41) is 6.23. The van der Waals surface area contributed by atoms with Crippen molar-refractivity contribution in [2.45, 2.75) is 25.0 Å². The van der Waals surface area contributed by atoms with Crippen LogP contribution in [0.2, 0.25) is 4.34 Å². The van der Waals surface area contributed by atoms with Crippen LogP contribution in [0.5, 0.6) is 0 Å². The SMILES string of the molecule is CO[C@H]1CNCC1NC(=O)C(C)c1ccc(Cl)s1.Cl. The number of ether oxygens (including phenoxy) is 1. The number of halogens is 2. The Balaban J connectivity index is 0.00000180. The Morgan fingerprint density at radius 1 is 1.58 bits per heavy atom. The smallest absolute Gasteiger partial charge is 0.228 e. The second-order valence-electron chi connectivity index (χ2n) is 4.41. The lowest BCUT2D eigenvalue weighted by Crippen LogP contribution is -2.44. The number of amides is 1. The maximum atomic E-state index is 12.1. The summed E-state index contributed by atoms with van der Waals surface area (Å²) in [6, 6.07) is 3.76. The van der Waals surface area contributed by atoms with Crippen LogP contribution in [-0.2, 0) is 9.53 Å². The number of carbonyl (C=O) groups excluding carboxylic acids is 1. The summed E-state index contributed by atoms with van der Waals surface area (Å²) < 4.78 is 6.03. The summed E-state index contributed by atoms with van der Waals surface area (Å²) in [6.07, 6.45) is 0.0491. The molecule has 0 aromatic carbocycles. The van der Waals surface area contributed by atoms with Crippen molar-refractivity contribution >= 4 is 41.3 Å². The van der Waals surface area contributed by atoms with Crippen molar-refractivity contribution in [3.05, 3.63) is 21.3 Å². The molecule has 1 aliphatic rings. The minimum atomic E-state index is -0.180. The van der Waals surface area contributed by atoms with Gasteiger partial charge in [-0.1, -0.05) is 11.6 Å². The average molecular weight is 325 g/mol. The second-order valence-corrected chi connectivity index (χ2v) is 6.16. The summed E-state index contributed by atoms with van der Waals surface area (Å²) in [4.78, 5) is 13.1. The van der Waals surface area contributed by atoms with E-state index in [-0.39, 0.29) is 36.4 Å². The number of nitrogens with one attached hydrogen (secondary N) is 2. The van der Waals surface area contributed by atoms with Gasteiger partial charge in [0, 0.05) is 25.1 Å². The highest BCUT2D eigenvalue weighted by Crippen LogP contribution is 2.28. The van der Waals surface area contributed by atoms with Gasteiger partial charge in [-0.2, -0.15) is 0 Å². The number of rotatable bonds is 4. The van der Waals surface area contributed by atoms with Crippen LogP contribution in [0.15, 0.2) is 12.1 Å². The van der Waals surface area contributed by atoms with Crippen molar-refractivity contribution in [1.82, 2.24) is 10.6 Å². The Morgan fingerprint density at radius 3 is 2.89 bits per heavy atom. The zero-order chi connectivity index (χ0) is 13.1. The summed E-state index contributed by atoms with van der Waals surface area (Å²) in [7, 11) is 1.67. The van der Waals surface area contributed by atoms with Crippen molar-refractivity contribution in [3.8, 4) is 0 Å². The zero-order valence-electron chi connectivity index (χ0n) is 10.8. The number of hydrogen-bond acceptors (Lipinski definition) is 4. The van der Waals surface area contributed by atoms with E-state index in [0.717, 1.165) is 18.0 Å². The summed E-state index contributed by atoms with van der Waals surface area (Å²) in [5.74, 6) is -0.162. The summed E-state index contributed by atoms with van der Waals surface area (Å²) in [6.45, 7) is 3.42. The lowest BCUT2D eigenvalue weighted by Gasteiger charge is -2.20. The lowest BCUT2D eigenvalue weighted by atomic mass is 10.1. The second kappa shape index (κ2) is 7.45. The van der Waals surface area contributed by atoms with Gasteiger partial charge in [0.05, 0.1) is 22.4 Å². The topological polar surface area (TPSA) is 50.4 Å². The number of methoxy groups -OCH3 is 1. The van der Waals surface area contributed by atoms with E-state index >= 15 is 0 Å². The fourth-order valence-corrected chi connectivity index (χ4v) is 3.16. The molecule has 2 N–H and O–H groups in total. The molecule has 19 heavy (non-hydrogen) atoms. The average Bonchev–Trinajstić information content (AvgIpc) is 2.96. The van der Waals surface area contributed by atoms with Crippen LogP contribution in [0.4, 0.5) is 0 Å². The van der Waals surface area contributed by atoms with E-state index in [1.54, 1.807) is 7.11 Å². The van der Waals surface area contributed by atoms with Crippen LogP contribution in [0.25, 0.3) is 0 Å². The van der Waals surface area contributed by atoms with E-state index in [9.17, 15) is 4.79 Å². The third-order valence-electron chi connectivity index (χ3n) is 3.20. The molecule has 1 aliphatic heterocycles. The van der Waals surface area contributed by atoms with Crippen LogP contribution in [0.3, 0.4) is 0 Å². The van der Waals surface area contributed by atoms with Gasteiger partial charge in [-0.05, 0) is 19.1 Å². The molecule has 1 aromatic rings. The molecular formula is C12H18Cl2N2O2S. The van der Waals surface area contributed by atoms with Gasteiger partial charge in [0.2, 0.25) is 5.91 Å². The molecule has 1 aromatic heterocycles. The first kappa shape index (κ1) is 16.7. The van der Waals surface area contributed by atoms with E-state index < -0.39 is 0 Å². The van der Waals surface area contributed by atoms with Gasteiger partial charge in [0.15, 0.2) is 0 Å². The van der Waals surface area contributed by atoms with Gasteiger partial charge in [0.1, 0.15) is 0 Å². The third-order valence-corrected chi connectivity index (χ3v) is 4.62. The molecule has 0 radical (unpaired) electrons. The first-order valence-corrected chi connectivity index (χ1v) is 7.10. The van der Waals surface area contributed by atoms with Gasteiger partial charge in [-0.3, -0.25) is 4.79 Å². The molecule has 4 nitrogen and oxygen atoms in total. The van der Waals surface area contributed by atoms with Crippen LogP contribution < -0.4 is 10.6 Å². The van der Waals surface area contributed by atoms with Crippen LogP contribution in [0, 0.1) is 0 Å². The molecule has 0 spiro atoms. The maximum Gasteiger partial charge on any atom is 0.228 e. The predicted octanol–water partition coefficient (Wildman–Crippen LogP) is 2.03. The number of thiophene rings is 1. The minimum absolute atomic E-state index is 0. The van der Waals surface area contributed by atoms with Gasteiger partial charge >= 0.3 is 0 Å². The van der Waals surface area contributed by atoms with Gasteiger partial charge < -0.3 is 15.4 Å². The fourth-order valence-electron chi connectivity index (χ4n) is 2.04. The maximum absolute atomic E-state index is 12.1. The molecular weight excluding hydrogens is 307 g/mol. The molecule has 1 saturated heterocycles. The molecule has 2 rings (SSSR count). The molecule has 1 amide bonds. The van der Waals surface area contributed by atoms with Crippen molar-refractivity contribution in [3.63, 3.8) is 0 Å². The first-order valence-electron chi connectivity index (χ1n) is 5.91. The summed E-state index contributed by atoms with van der Waals surface area (Å²) >= 11 is 7.33. The molecule has 1 fully saturated rings. The Kier molecular flexibility index (Phi) is 6.56. The quantitative estimate of drug-likeness (QED) is 0.891. The molecule has 2 unspecified atom stereocenters. The normalized spacial score (nSPS) is 23.7. The highest BCUT2D eigenvalue weighted by atomic mass is 35.5. The molecule has 0 aliphatic carbocycles. The Hall–Kier alpha value is -0.330. The Morgan fingerprint density at radius 2 is 2.32 bits per heavy atom. The van der Waals surface area contributed by atoms with Gasteiger partial charge in [-0.15, -0.1) is 23.7 Å². The van der Waals surface area contributed by atoms with Crippen LogP contribution in [0.1, 0.15) is 17.7 Å². The first-order chi connectivity index (χ1) is 8.61. The van der Waals surface area contributed by atoms with Crippen molar-refractivity contribution in [2.75, 3.05) is 20.2 Å². The van der Waals surface area contributed by atoms with E-state index in [4.69, 9.17) is 16.3 Å². The monoisotopic (exact) mass is 324 g/mol. The molecule has 2 heterocycles. The largest absolute Gasteiger partial charge is 0.378 e. The standard InChI is InChI=1S/C12H17ClN2O2S.ClH/c1-7(10-3-4-11(13)18-10)12(16)15-8-5-14-6-9(8)17-2;/h3-4,7-9,14H,5-6H2,1-2H3,(H,15,16);1H/t7?,8?,9-;/m0./s1. The van der Waals surface area contributed by atoms with Gasteiger partial charge in [-0.25, -0.2) is 0 Å². The van der Waals surface area contributed by atoms with E-state index in [1.807, 2.05) is 19.1 Å². The van der Waals surface area contributed by atoms with Crippen molar-refractivity contribution in [2.24, 2.45) is 0 Å². The van der Waals surface area contributed by atoms with Crippen LogP contribution in [-0.4, -0.2) is 38.3 Å². The predicted molar refractivity (Wildman–Crippen MR) is 80.6 cm³/mol. The molecule has 7 heteroatoms. The number of carbonyl (C=O) groups is 1. The fraction of sp³-hybridized carbons (Fsp3) is 0.583. The summed E-state index contributed by atoms with van der Waals surface area (Å²) in [5.41, 5.74) is 0. The highest BCUT2D eigenvalue weighted by Gasteiger charge is 2.29. The van der Waals surface area contributed by atoms with Crippen molar-refractivity contribution in [1.29, 1.82) is 0 Å². The molecule has 0 bridgehead atoms.